The maximum atomic E-state index is 5.77. The van der Waals surface area contributed by atoms with Crippen molar-refractivity contribution in [3.05, 3.63) is 102 Å². The summed E-state index contributed by atoms with van der Waals surface area (Å²) in [5.41, 5.74) is 2.20. The standard InChI is InChI=1S/C39H50O4P/c1-31-35(37(41-3)39(43-5)38(42-4)36(31)40-2)29-21-10-8-6-7-9-11-22-30-44(32-23-15-12-16-24-32,33-25-17-13-18-26-33)34-27-19-14-20-28-34/h12-20,23-28H,6-11,21-22,29-30H2,1-5H3/q+1. The summed E-state index contributed by atoms with van der Waals surface area (Å²) in [5, 5.41) is 4.45. The van der Waals surface area contributed by atoms with Crippen molar-refractivity contribution >= 4 is 23.2 Å². The van der Waals surface area contributed by atoms with E-state index in [1.165, 1.54) is 67.0 Å². The highest BCUT2D eigenvalue weighted by atomic mass is 31.2. The number of benzene rings is 4. The third-order valence-corrected chi connectivity index (χ3v) is 13.3. The summed E-state index contributed by atoms with van der Waals surface area (Å²) in [7, 11) is 4.93. The van der Waals surface area contributed by atoms with Gasteiger partial charge in [0.05, 0.1) is 34.6 Å². The Labute approximate surface area is 266 Å². The van der Waals surface area contributed by atoms with Crippen LogP contribution in [-0.4, -0.2) is 34.6 Å². The molecule has 234 valence electrons. The summed E-state index contributed by atoms with van der Waals surface area (Å²) >= 11 is 0. The van der Waals surface area contributed by atoms with Crippen LogP contribution in [0.1, 0.15) is 62.5 Å². The van der Waals surface area contributed by atoms with Crippen LogP contribution < -0.4 is 34.9 Å². The van der Waals surface area contributed by atoms with Crippen LogP contribution in [0.15, 0.2) is 91.0 Å². The second-order valence-electron chi connectivity index (χ2n) is 11.4. The highest BCUT2D eigenvalue weighted by Gasteiger charge is 2.44. The molecule has 0 atom stereocenters. The van der Waals surface area contributed by atoms with E-state index in [-0.39, 0.29) is 0 Å². The van der Waals surface area contributed by atoms with E-state index in [1.54, 1.807) is 28.4 Å². The molecule has 0 aliphatic carbocycles. The van der Waals surface area contributed by atoms with Crippen LogP contribution >= 0.6 is 7.26 Å². The van der Waals surface area contributed by atoms with E-state index in [0.29, 0.717) is 11.5 Å². The van der Waals surface area contributed by atoms with Crippen molar-refractivity contribution in [2.45, 2.75) is 64.7 Å². The molecule has 0 unspecified atom stereocenters. The Kier molecular flexibility index (Phi) is 13.0. The SMILES string of the molecule is COc1c(C)c(CCCCCCCCCC[P+](c2ccccc2)(c2ccccc2)c2ccccc2)c(OC)c(OC)c1OC. The average molecular weight is 614 g/mol. The minimum atomic E-state index is -1.72. The molecule has 0 radical (unpaired) electrons. The predicted molar refractivity (Wildman–Crippen MR) is 188 cm³/mol. The third kappa shape index (κ3) is 7.59. The molecule has 0 aromatic heterocycles. The van der Waals surface area contributed by atoms with Crippen LogP contribution in [-0.2, 0) is 6.42 Å². The minimum absolute atomic E-state index is 0.587. The van der Waals surface area contributed by atoms with Crippen LogP contribution in [0.25, 0.3) is 0 Å². The van der Waals surface area contributed by atoms with Crippen LogP contribution in [0.2, 0.25) is 0 Å². The van der Waals surface area contributed by atoms with Crippen molar-refractivity contribution in [1.82, 2.24) is 0 Å². The Morgan fingerprint density at radius 2 is 0.795 bits per heavy atom. The highest BCUT2D eigenvalue weighted by Crippen LogP contribution is 2.56. The smallest absolute Gasteiger partial charge is 0.207 e. The first-order chi connectivity index (χ1) is 21.6. The number of unbranched alkanes of at least 4 members (excludes halogenated alkanes) is 7. The third-order valence-electron chi connectivity index (χ3n) is 8.76. The average Bonchev–Trinajstić information content (AvgIpc) is 3.08. The molecule has 4 nitrogen and oxygen atoms in total. The first-order valence-electron chi connectivity index (χ1n) is 16.0. The van der Waals surface area contributed by atoms with Gasteiger partial charge in [0.1, 0.15) is 23.2 Å². The van der Waals surface area contributed by atoms with Crippen molar-refractivity contribution in [3.8, 4) is 23.0 Å². The van der Waals surface area contributed by atoms with Gasteiger partial charge < -0.3 is 18.9 Å². The monoisotopic (exact) mass is 613 g/mol. The zero-order valence-electron chi connectivity index (χ0n) is 27.3. The molecule has 0 N–H and O–H groups in total. The largest absolute Gasteiger partial charge is 0.492 e. The molecule has 0 heterocycles. The molecule has 0 amide bonds. The minimum Gasteiger partial charge on any atom is -0.492 e. The molecule has 0 bridgehead atoms. The summed E-state index contributed by atoms with van der Waals surface area (Å²) in [4.78, 5) is 0. The van der Waals surface area contributed by atoms with Crippen LogP contribution in [0.3, 0.4) is 0 Å². The maximum absolute atomic E-state index is 5.77. The number of hydrogen-bond acceptors (Lipinski definition) is 4. The normalized spacial score (nSPS) is 11.3. The Bertz CT molecular complexity index is 1310. The summed E-state index contributed by atoms with van der Waals surface area (Å²) < 4.78 is 22.7. The molecule has 0 aliphatic heterocycles. The molecule has 5 heteroatoms. The lowest BCUT2D eigenvalue weighted by molar-refractivity contribution is 0.302. The highest BCUT2D eigenvalue weighted by molar-refractivity contribution is 7.95. The van der Waals surface area contributed by atoms with Crippen molar-refractivity contribution in [3.63, 3.8) is 0 Å². The Morgan fingerprint density at radius 1 is 0.432 bits per heavy atom. The fraction of sp³-hybridized carbons (Fsp3) is 0.385. The summed E-state index contributed by atoms with van der Waals surface area (Å²) in [5.74, 6) is 2.66. The summed E-state index contributed by atoms with van der Waals surface area (Å²) in [6.07, 6.45) is 12.1. The lowest BCUT2D eigenvalue weighted by Gasteiger charge is -2.27. The van der Waals surface area contributed by atoms with Gasteiger partial charge in [-0.15, -0.1) is 0 Å². The van der Waals surface area contributed by atoms with E-state index in [0.717, 1.165) is 35.5 Å². The number of methoxy groups -OCH3 is 4. The fourth-order valence-corrected chi connectivity index (χ4v) is 11.0. The Morgan fingerprint density at radius 3 is 1.20 bits per heavy atom. The second kappa shape index (κ2) is 17.1. The molecule has 0 fully saturated rings. The van der Waals surface area contributed by atoms with Crippen LogP contribution in [0.5, 0.6) is 23.0 Å². The molecule has 4 rings (SSSR count). The molecule has 4 aromatic rings. The van der Waals surface area contributed by atoms with E-state index in [1.807, 2.05) is 0 Å². The predicted octanol–water partition coefficient (Wildman–Crippen LogP) is 8.69. The summed E-state index contributed by atoms with van der Waals surface area (Å²) in [6, 6.07) is 33.7. The number of rotatable bonds is 18. The van der Waals surface area contributed by atoms with Gasteiger partial charge >= 0.3 is 0 Å². The van der Waals surface area contributed by atoms with Gasteiger partial charge in [-0.25, -0.2) is 0 Å². The van der Waals surface area contributed by atoms with E-state index in [9.17, 15) is 0 Å². The molecule has 0 saturated carbocycles. The second-order valence-corrected chi connectivity index (χ2v) is 15.0. The van der Waals surface area contributed by atoms with Gasteiger partial charge in [0.2, 0.25) is 11.5 Å². The van der Waals surface area contributed by atoms with Crippen molar-refractivity contribution in [1.29, 1.82) is 0 Å². The molecule has 0 saturated heterocycles. The quantitative estimate of drug-likeness (QED) is 0.0831. The number of hydrogen-bond donors (Lipinski definition) is 0. The fourth-order valence-electron chi connectivity index (χ4n) is 6.55. The van der Waals surface area contributed by atoms with Crippen molar-refractivity contribution < 1.29 is 18.9 Å². The van der Waals surface area contributed by atoms with Gasteiger partial charge in [-0.05, 0) is 69.0 Å². The van der Waals surface area contributed by atoms with E-state index in [4.69, 9.17) is 18.9 Å². The molecule has 44 heavy (non-hydrogen) atoms. The maximum Gasteiger partial charge on any atom is 0.207 e. The lowest BCUT2D eigenvalue weighted by Crippen LogP contribution is -2.33. The topological polar surface area (TPSA) is 36.9 Å². The van der Waals surface area contributed by atoms with Crippen LogP contribution in [0, 0.1) is 6.92 Å². The Balaban J connectivity index is 1.30. The Hall–Kier alpha value is -3.49. The zero-order valence-corrected chi connectivity index (χ0v) is 28.2. The first-order valence-corrected chi connectivity index (χ1v) is 18.0. The molecule has 0 aliphatic rings. The van der Waals surface area contributed by atoms with E-state index >= 15 is 0 Å². The zero-order chi connectivity index (χ0) is 31.2. The summed E-state index contributed by atoms with van der Waals surface area (Å²) in [6.45, 7) is 2.07. The van der Waals surface area contributed by atoms with Gasteiger partial charge in [0, 0.05) is 11.1 Å². The van der Waals surface area contributed by atoms with Gasteiger partial charge in [-0.1, -0.05) is 86.7 Å². The van der Waals surface area contributed by atoms with E-state index < -0.39 is 7.26 Å². The molecular formula is C39H50O4P+. The molecule has 0 spiro atoms. The van der Waals surface area contributed by atoms with Crippen LogP contribution in [0.4, 0.5) is 0 Å². The number of ether oxygens (including phenoxy) is 4. The van der Waals surface area contributed by atoms with E-state index in [2.05, 4.69) is 97.9 Å². The van der Waals surface area contributed by atoms with Gasteiger partial charge in [-0.3, -0.25) is 0 Å². The lowest BCUT2D eigenvalue weighted by atomic mass is 9.98. The van der Waals surface area contributed by atoms with Crippen molar-refractivity contribution in [2.24, 2.45) is 0 Å². The van der Waals surface area contributed by atoms with Gasteiger partial charge in [0.15, 0.2) is 11.5 Å². The molecular weight excluding hydrogens is 563 g/mol. The van der Waals surface area contributed by atoms with Crippen molar-refractivity contribution in [2.75, 3.05) is 34.6 Å². The first kappa shape index (κ1) is 33.4. The van der Waals surface area contributed by atoms with Gasteiger partial charge in [0.25, 0.3) is 0 Å². The molecule has 4 aromatic carbocycles. The van der Waals surface area contributed by atoms with Gasteiger partial charge in [-0.2, -0.15) is 0 Å².